The normalized spacial score (nSPS) is 14.8. The highest BCUT2D eigenvalue weighted by Crippen LogP contribution is 2.25. The van der Waals surface area contributed by atoms with Gasteiger partial charge in [-0.05, 0) is 68.4 Å². The lowest BCUT2D eigenvalue weighted by Gasteiger charge is -2.29. The SMILES string of the molecule is CN1CCC(Oc2ccc(C(=O)Nc3n[nH]c4nc(Nc5ccccc5F)ccc34)cc2)CC1. The van der Waals surface area contributed by atoms with Crippen molar-refractivity contribution in [1.29, 1.82) is 0 Å². The molecular formula is C25H25FN6O2. The van der Waals surface area contributed by atoms with Gasteiger partial charge in [0.2, 0.25) is 0 Å². The van der Waals surface area contributed by atoms with E-state index in [9.17, 15) is 9.18 Å². The smallest absolute Gasteiger partial charge is 0.256 e. The van der Waals surface area contributed by atoms with E-state index < -0.39 is 0 Å². The molecule has 3 heterocycles. The topological polar surface area (TPSA) is 95.2 Å². The van der Waals surface area contributed by atoms with E-state index >= 15 is 0 Å². The number of fused-ring (bicyclic) bond motifs is 1. The summed E-state index contributed by atoms with van der Waals surface area (Å²) in [5, 5.41) is 13.4. The maximum atomic E-state index is 13.9. The number of H-pyrrole nitrogens is 1. The second-order valence-electron chi connectivity index (χ2n) is 8.37. The number of amides is 1. The maximum absolute atomic E-state index is 13.9. The van der Waals surface area contributed by atoms with Crippen molar-refractivity contribution in [3.05, 3.63) is 72.0 Å². The molecular weight excluding hydrogens is 435 g/mol. The van der Waals surface area contributed by atoms with Crippen LogP contribution in [0.4, 0.5) is 21.7 Å². The van der Waals surface area contributed by atoms with Crippen LogP contribution < -0.4 is 15.4 Å². The van der Waals surface area contributed by atoms with E-state index in [4.69, 9.17) is 4.74 Å². The number of rotatable bonds is 6. The highest BCUT2D eigenvalue weighted by Gasteiger charge is 2.18. The summed E-state index contributed by atoms with van der Waals surface area (Å²) in [6.07, 6.45) is 2.20. The summed E-state index contributed by atoms with van der Waals surface area (Å²) in [4.78, 5) is 19.5. The third-order valence-corrected chi connectivity index (χ3v) is 5.88. The number of halogens is 1. The first kappa shape index (κ1) is 21.8. The Kier molecular flexibility index (Phi) is 6.09. The van der Waals surface area contributed by atoms with E-state index in [1.54, 1.807) is 42.5 Å². The molecule has 9 heteroatoms. The van der Waals surface area contributed by atoms with Crippen LogP contribution in [0.2, 0.25) is 0 Å². The monoisotopic (exact) mass is 460 g/mol. The Labute approximate surface area is 196 Å². The highest BCUT2D eigenvalue weighted by atomic mass is 19.1. The largest absolute Gasteiger partial charge is 0.490 e. The lowest BCUT2D eigenvalue weighted by molar-refractivity contribution is 0.102. The van der Waals surface area contributed by atoms with Gasteiger partial charge in [-0.1, -0.05) is 12.1 Å². The van der Waals surface area contributed by atoms with Crippen LogP contribution in [0.25, 0.3) is 11.0 Å². The fourth-order valence-electron chi connectivity index (χ4n) is 3.93. The lowest BCUT2D eigenvalue weighted by atomic mass is 10.1. The summed E-state index contributed by atoms with van der Waals surface area (Å²) in [5.41, 5.74) is 1.29. The average Bonchev–Trinajstić information content (AvgIpc) is 3.24. The minimum atomic E-state index is -0.371. The third kappa shape index (κ3) is 4.84. The predicted octanol–water partition coefficient (Wildman–Crippen LogP) is 4.57. The number of para-hydroxylation sites is 1. The van der Waals surface area contributed by atoms with Gasteiger partial charge in [-0.25, -0.2) is 9.37 Å². The number of benzene rings is 2. The summed E-state index contributed by atoms with van der Waals surface area (Å²) in [6, 6.07) is 16.9. The Bertz CT molecular complexity index is 1300. The molecule has 1 fully saturated rings. The molecule has 1 aliphatic rings. The lowest BCUT2D eigenvalue weighted by Crippen LogP contribution is -2.35. The molecule has 1 saturated heterocycles. The van der Waals surface area contributed by atoms with Gasteiger partial charge in [0.15, 0.2) is 11.5 Å². The van der Waals surface area contributed by atoms with Gasteiger partial charge in [0, 0.05) is 18.7 Å². The first-order valence-corrected chi connectivity index (χ1v) is 11.2. The number of nitrogens with zero attached hydrogens (tertiary/aromatic N) is 3. The van der Waals surface area contributed by atoms with Gasteiger partial charge in [0.1, 0.15) is 23.5 Å². The van der Waals surface area contributed by atoms with Gasteiger partial charge in [0.25, 0.3) is 5.91 Å². The van der Waals surface area contributed by atoms with Crippen molar-refractivity contribution in [3.63, 3.8) is 0 Å². The molecule has 1 amide bonds. The number of piperidine rings is 1. The number of hydrogen-bond donors (Lipinski definition) is 3. The van der Waals surface area contributed by atoms with Crippen LogP contribution in [0.1, 0.15) is 23.2 Å². The van der Waals surface area contributed by atoms with Gasteiger partial charge in [-0.15, -0.1) is 0 Å². The van der Waals surface area contributed by atoms with Crippen molar-refractivity contribution in [2.75, 3.05) is 30.8 Å². The Morgan fingerprint density at radius 2 is 1.85 bits per heavy atom. The zero-order valence-electron chi connectivity index (χ0n) is 18.7. The number of hydrogen-bond acceptors (Lipinski definition) is 6. The molecule has 0 atom stereocenters. The zero-order valence-corrected chi connectivity index (χ0v) is 18.7. The summed E-state index contributed by atoms with van der Waals surface area (Å²) in [6.45, 7) is 2.05. The van der Waals surface area contributed by atoms with Gasteiger partial charge in [-0.3, -0.25) is 9.89 Å². The fraction of sp³-hybridized carbons (Fsp3) is 0.240. The first-order valence-electron chi connectivity index (χ1n) is 11.2. The molecule has 5 rings (SSSR count). The zero-order chi connectivity index (χ0) is 23.5. The van der Waals surface area contributed by atoms with E-state index in [1.165, 1.54) is 6.07 Å². The molecule has 0 aliphatic carbocycles. The Balaban J connectivity index is 1.24. The van der Waals surface area contributed by atoms with E-state index in [-0.39, 0.29) is 17.8 Å². The standard InChI is InChI=1S/C25H25FN6O2/c1-32-14-12-18(13-15-32)34-17-8-6-16(7-9-17)25(33)29-24-19-10-11-22(28-23(19)30-31-24)27-21-5-3-2-4-20(21)26/h2-11,18H,12-15H2,1H3,(H3,27,28,29,30,31,33). The van der Waals surface area contributed by atoms with Gasteiger partial charge in [0.05, 0.1) is 11.1 Å². The number of anilines is 3. The molecule has 174 valence electrons. The van der Waals surface area contributed by atoms with Gasteiger partial charge in [-0.2, -0.15) is 5.10 Å². The molecule has 1 aliphatic heterocycles. The van der Waals surface area contributed by atoms with Crippen LogP contribution in [-0.4, -0.2) is 52.2 Å². The van der Waals surface area contributed by atoms with Crippen molar-refractivity contribution in [2.45, 2.75) is 18.9 Å². The molecule has 0 unspecified atom stereocenters. The molecule has 0 radical (unpaired) electrons. The Morgan fingerprint density at radius 1 is 1.09 bits per heavy atom. The molecule has 3 N–H and O–H groups in total. The van der Waals surface area contributed by atoms with Crippen molar-refractivity contribution in [2.24, 2.45) is 0 Å². The molecule has 4 aromatic rings. The number of nitrogens with one attached hydrogen (secondary N) is 3. The van der Waals surface area contributed by atoms with Gasteiger partial charge >= 0.3 is 0 Å². The van der Waals surface area contributed by atoms with E-state index in [0.29, 0.717) is 33.9 Å². The predicted molar refractivity (Wildman–Crippen MR) is 129 cm³/mol. The number of likely N-dealkylation sites (tertiary alicyclic amines) is 1. The number of aromatic nitrogens is 3. The molecule has 2 aromatic heterocycles. The molecule has 2 aromatic carbocycles. The highest BCUT2D eigenvalue weighted by molar-refractivity contribution is 6.07. The minimum absolute atomic E-state index is 0.205. The van der Waals surface area contributed by atoms with Gasteiger partial charge < -0.3 is 20.3 Å². The Morgan fingerprint density at radius 3 is 2.62 bits per heavy atom. The number of carbonyl (C=O) groups excluding carboxylic acids is 1. The van der Waals surface area contributed by atoms with Crippen LogP contribution in [0.15, 0.2) is 60.7 Å². The molecule has 8 nitrogen and oxygen atoms in total. The van der Waals surface area contributed by atoms with Crippen LogP contribution in [-0.2, 0) is 0 Å². The molecule has 34 heavy (non-hydrogen) atoms. The summed E-state index contributed by atoms with van der Waals surface area (Å²) in [7, 11) is 2.11. The van der Waals surface area contributed by atoms with Crippen LogP contribution in [0, 0.1) is 5.82 Å². The van der Waals surface area contributed by atoms with Crippen LogP contribution >= 0.6 is 0 Å². The van der Waals surface area contributed by atoms with E-state index in [0.717, 1.165) is 31.7 Å². The van der Waals surface area contributed by atoms with Crippen LogP contribution in [0.3, 0.4) is 0 Å². The van der Waals surface area contributed by atoms with Crippen molar-refractivity contribution in [1.82, 2.24) is 20.1 Å². The quantitative estimate of drug-likeness (QED) is 0.390. The van der Waals surface area contributed by atoms with E-state index in [2.05, 4.69) is 37.8 Å². The third-order valence-electron chi connectivity index (χ3n) is 5.88. The van der Waals surface area contributed by atoms with E-state index in [1.807, 2.05) is 12.1 Å². The number of aromatic amines is 1. The summed E-state index contributed by atoms with van der Waals surface area (Å²) in [5.74, 6) is 0.934. The second-order valence-corrected chi connectivity index (χ2v) is 8.37. The molecule has 0 spiro atoms. The number of pyridine rings is 1. The van der Waals surface area contributed by atoms with Crippen LogP contribution in [0.5, 0.6) is 5.75 Å². The number of carbonyl (C=O) groups is 1. The van der Waals surface area contributed by atoms with Crippen molar-refractivity contribution >= 4 is 34.3 Å². The second kappa shape index (κ2) is 9.48. The van der Waals surface area contributed by atoms with Crippen molar-refractivity contribution < 1.29 is 13.9 Å². The average molecular weight is 461 g/mol. The minimum Gasteiger partial charge on any atom is -0.490 e. The Hall–Kier alpha value is -3.98. The van der Waals surface area contributed by atoms with Crippen molar-refractivity contribution in [3.8, 4) is 5.75 Å². The maximum Gasteiger partial charge on any atom is 0.256 e. The molecule has 0 saturated carbocycles. The molecule has 0 bridgehead atoms. The fourth-order valence-corrected chi connectivity index (χ4v) is 3.93. The number of ether oxygens (including phenoxy) is 1. The first-order chi connectivity index (χ1) is 16.5. The summed E-state index contributed by atoms with van der Waals surface area (Å²) >= 11 is 0. The summed E-state index contributed by atoms with van der Waals surface area (Å²) < 4.78 is 19.9.